The monoisotopic (exact) mass is 363 g/mol. The summed E-state index contributed by atoms with van der Waals surface area (Å²) in [5, 5.41) is 0. The fraction of sp³-hybridized carbons (Fsp3) is 0.571. The first-order valence-electron chi connectivity index (χ1n) is 6.67. The molecule has 1 aromatic carbocycles. The summed E-state index contributed by atoms with van der Waals surface area (Å²) in [7, 11) is -3.65. The van der Waals surface area contributed by atoms with Crippen LogP contribution in [0.4, 0.5) is 4.39 Å². The molecule has 0 unspecified atom stereocenters. The third-order valence-electron chi connectivity index (χ3n) is 3.86. The third-order valence-corrected chi connectivity index (χ3v) is 6.02. The summed E-state index contributed by atoms with van der Waals surface area (Å²) in [6, 6.07) is 3.80. The predicted molar refractivity (Wildman–Crippen MR) is 80.5 cm³/mol. The molecule has 0 bridgehead atoms. The molecule has 0 saturated heterocycles. The minimum Gasteiger partial charge on any atom is -0.208 e. The van der Waals surface area contributed by atoms with Crippen LogP contribution < -0.4 is 4.72 Å². The van der Waals surface area contributed by atoms with Gasteiger partial charge in [0.15, 0.2) is 0 Å². The van der Waals surface area contributed by atoms with Crippen molar-refractivity contribution in [2.75, 3.05) is 0 Å². The standard InChI is InChI=1S/C14H19BrFNO2S/c1-14(2)7-5-10(6-8-14)17-20(18,19)11-3-4-12(15)13(16)9-11/h3-4,9-10,17H,5-8H2,1-2H3. The Morgan fingerprint density at radius 3 is 2.45 bits per heavy atom. The lowest BCUT2D eigenvalue weighted by atomic mass is 9.76. The molecule has 1 N–H and O–H groups in total. The van der Waals surface area contributed by atoms with Crippen LogP contribution in [0.25, 0.3) is 0 Å². The molecule has 1 aromatic rings. The minimum atomic E-state index is -3.65. The van der Waals surface area contributed by atoms with E-state index < -0.39 is 15.8 Å². The molecule has 0 spiro atoms. The number of nitrogens with one attached hydrogen (secondary N) is 1. The van der Waals surface area contributed by atoms with Crippen LogP contribution in [0.15, 0.2) is 27.6 Å². The Morgan fingerprint density at radius 1 is 1.30 bits per heavy atom. The van der Waals surface area contributed by atoms with Crippen molar-refractivity contribution in [2.24, 2.45) is 5.41 Å². The zero-order valence-corrected chi connectivity index (χ0v) is 14.0. The van der Waals surface area contributed by atoms with Crippen molar-refractivity contribution in [1.82, 2.24) is 4.72 Å². The lowest BCUT2D eigenvalue weighted by molar-refractivity contribution is 0.218. The highest BCUT2D eigenvalue weighted by Gasteiger charge is 2.29. The highest BCUT2D eigenvalue weighted by molar-refractivity contribution is 9.10. The van der Waals surface area contributed by atoms with E-state index in [0.29, 0.717) is 0 Å². The SMILES string of the molecule is CC1(C)CCC(NS(=O)(=O)c2ccc(Br)c(F)c2)CC1. The summed E-state index contributed by atoms with van der Waals surface area (Å²) in [6.07, 6.45) is 3.64. The second kappa shape index (κ2) is 5.73. The van der Waals surface area contributed by atoms with Crippen molar-refractivity contribution in [3.63, 3.8) is 0 Å². The van der Waals surface area contributed by atoms with Crippen molar-refractivity contribution in [3.05, 3.63) is 28.5 Å². The van der Waals surface area contributed by atoms with Gasteiger partial charge >= 0.3 is 0 Å². The van der Waals surface area contributed by atoms with Gasteiger partial charge in [-0.25, -0.2) is 17.5 Å². The predicted octanol–water partition coefficient (Wildman–Crippen LogP) is 3.84. The van der Waals surface area contributed by atoms with E-state index in [2.05, 4.69) is 34.5 Å². The molecule has 3 nitrogen and oxygen atoms in total. The maximum absolute atomic E-state index is 13.5. The molecule has 1 saturated carbocycles. The van der Waals surface area contributed by atoms with E-state index in [-0.39, 0.29) is 20.8 Å². The Labute approximate surface area is 128 Å². The van der Waals surface area contributed by atoms with Gasteiger partial charge < -0.3 is 0 Å². The molecule has 0 atom stereocenters. The molecule has 2 rings (SSSR count). The van der Waals surface area contributed by atoms with Gasteiger partial charge in [0.2, 0.25) is 10.0 Å². The number of halogens is 2. The zero-order chi connectivity index (χ0) is 15.0. The Hall–Kier alpha value is -0.460. The second-order valence-corrected chi connectivity index (χ2v) is 8.70. The summed E-state index contributed by atoms with van der Waals surface area (Å²) in [5.74, 6) is -0.572. The zero-order valence-electron chi connectivity index (χ0n) is 11.6. The molecule has 1 aliphatic carbocycles. The number of benzene rings is 1. The van der Waals surface area contributed by atoms with E-state index in [1.165, 1.54) is 12.1 Å². The lowest BCUT2D eigenvalue weighted by Crippen LogP contribution is -2.39. The van der Waals surface area contributed by atoms with Gasteiger partial charge in [-0.05, 0) is 65.2 Å². The van der Waals surface area contributed by atoms with Crippen LogP contribution in [0.3, 0.4) is 0 Å². The van der Waals surface area contributed by atoms with Crippen LogP contribution in [0.2, 0.25) is 0 Å². The highest BCUT2D eigenvalue weighted by atomic mass is 79.9. The van der Waals surface area contributed by atoms with Crippen molar-refractivity contribution in [3.8, 4) is 0 Å². The number of rotatable bonds is 3. The number of hydrogen-bond donors (Lipinski definition) is 1. The van der Waals surface area contributed by atoms with Crippen LogP contribution in [-0.2, 0) is 10.0 Å². The highest BCUT2D eigenvalue weighted by Crippen LogP contribution is 2.35. The fourth-order valence-electron chi connectivity index (χ4n) is 2.45. The Bertz CT molecular complexity index is 591. The summed E-state index contributed by atoms with van der Waals surface area (Å²) in [6.45, 7) is 4.39. The summed E-state index contributed by atoms with van der Waals surface area (Å²) in [4.78, 5) is -0.0250. The topological polar surface area (TPSA) is 46.2 Å². The molecule has 112 valence electrons. The first kappa shape index (κ1) is 15.9. The minimum absolute atomic E-state index is 0.0250. The van der Waals surface area contributed by atoms with Crippen LogP contribution in [0.5, 0.6) is 0 Å². The smallest absolute Gasteiger partial charge is 0.208 e. The van der Waals surface area contributed by atoms with Crippen molar-refractivity contribution < 1.29 is 12.8 Å². The maximum atomic E-state index is 13.5. The molecule has 0 aliphatic heterocycles. The van der Waals surface area contributed by atoms with Gasteiger partial charge in [-0.15, -0.1) is 0 Å². The second-order valence-electron chi connectivity index (χ2n) is 6.14. The fourth-order valence-corrected chi connectivity index (χ4v) is 4.01. The molecule has 6 heteroatoms. The van der Waals surface area contributed by atoms with Gasteiger partial charge in [-0.2, -0.15) is 0 Å². The van der Waals surface area contributed by atoms with E-state index in [9.17, 15) is 12.8 Å². The van der Waals surface area contributed by atoms with Crippen LogP contribution in [0.1, 0.15) is 39.5 Å². The Kier molecular flexibility index (Phi) is 4.56. The molecular formula is C14H19BrFNO2S. The van der Waals surface area contributed by atoms with Crippen LogP contribution in [0, 0.1) is 11.2 Å². The van der Waals surface area contributed by atoms with E-state index in [4.69, 9.17) is 0 Å². The normalized spacial score (nSPS) is 20.0. The molecule has 0 amide bonds. The number of sulfonamides is 1. The van der Waals surface area contributed by atoms with Gasteiger partial charge in [-0.1, -0.05) is 13.8 Å². The van der Waals surface area contributed by atoms with Gasteiger partial charge in [0.05, 0.1) is 9.37 Å². The Morgan fingerprint density at radius 2 is 1.90 bits per heavy atom. The summed E-state index contributed by atoms with van der Waals surface area (Å²) < 4.78 is 40.9. The average molecular weight is 364 g/mol. The van der Waals surface area contributed by atoms with E-state index in [1.807, 2.05) is 0 Å². The van der Waals surface area contributed by atoms with Gasteiger partial charge in [0.25, 0.3) is 0 Å². The average Bonchev–Trinajstić information content (AvgIpc) is 2.35. The first-order valence-corrected chi connectivity index (χ1v) is 8.95. The van der Waals surface area contributed by atoms with E-state index in [1.54, 1.807) is 0 Å². The largest absolute Gasteiger partial charge is 0.240 e. The lowest BCUT2D eigenvalue weighted by Gasteiger charge is -2.34. The third kappa shape index (κ3) is 3.80. The molecule has 20 heavy (non-hydrogen) atoms. The molecular weight excluding hydrogens is 345 g/mol. The molecule has 0 aromatic heterocycles. The molecule has 1 aliphatic rings. The quantitative estimate of drug-likeness (QED) is 0.886. The van der Waals surface area contributed by atoms with E-state index >= 15 is 0 Å². The number of hydrogen-bond acceptors (Lipinski definition) is 2. The van der Waals surface area contributed by atoms with Crippen LogP contribution in [-0.4, -0.2) is 14.5 Å². The molecule has 0 radical (unpaired) electrons. The van der Waals surface area contributed by atoms with Crippen molar-refractivity contribution in [2.45, 2.75) is 50.5 Å². The summed E-state index contributed by atoms with van der Waals surface area (Å²) >= 11 is 3.02. The van der Waals surface area contributed by atoms with Gasteiger partial charge in [0, 0.05) is 6.04 Å². The van der Waals surface area contributed by atoms with Gasteiger partial charge in [-0.3, -0.25) is 0 Å². The molecule has 0 heterocycles. The van der Waals surface area contributed by atoms with Gasteiger partial charge in [0.1, 0.15) is 5.82 Å². The Balaban J connectivity index is 2.10. The van der Waals surface area contributed by atoms with E-state index in [0.717, 1.165) is 31.7 Å². The van der Waals surface area contributed by atoms with Crippen molar-refractivity contribution in [1.29, 1.82) is 0 Å². The first-order chi connectivity index (χ1) is 9.20. The summed E-state index contributed by atoms with van der Waals surface area (Å²) in [5.41, 5.74) is 0.283. The van der Waals surface area contributed by atoms with Crippen LogP contribution >= 0.6 is 15.9 Å². The van der Waals surface area contributed by atoms with Crippen molar-refractivity contribution >= 4 is 26.0 Å². The molecule has 1 fully saturated rings. The maximum Gasteiger partial charge on any atom is 0.240 e.